The molecule has 4 nitrogen and oxygen atoms in total. The first kappa shape index (κ1) is 16.9. The van der Waals surface area contributed by atoms with Crippen LogP contribution in [0.3, 0.4) is 0 Å². The largest absolute Gasteiger partial charge is 0.326 e. The van der Waals surface area contributed by atoms with Gasteiger partial charge in [-0.25, -0.2) is 4.98 Å². The zero-order valence-corrected chi connectivity index (χ0v) is 14.3. The maximum Gasteiger partial charge on any atom is 0.227 e. The smallest absolute Gasteiger partial charge is 0.227 e. The van der Waals surface area contributed by atoms with Crippen molar-refractivity contribution >= 4 is 35.3 Å². The molecule has 0 radical (unpaired) electrons. The third kappa shape index (κ3) is 3.66. The average molecular weight is 338 g/mol. The highest BCUT2D eigenvalue weighted by atomic mass is 35.5. The number of hydrogen-bond acceptors (Lipinski definition) is 4. The molecule has 1 atom stereocenters. The minimum atomic E-state index is 0. The number of aryl methyl sites for hydroxylation is 1. The minimum Gasteiger partial charge on any atom is -0.326 e. The fraction of sp³-hybridized carbons (Fsp3) is 0.375. The number of hydrogen-bond donors (Lipinski definition) is 2. The summed E-state index contributed by atoms with van der Waals surface area (Å²) < 4.78 is 0. The molecule has 1 saturated heterocycles. The van der Waals surface area contributed by atoms with Crippen LogP contribution in [0.5, 0.6) is 0 Å². The molecular weight excluding hydrogens is 318 g/mol. The van der Waals surface area contributed by atoms with Crippen molar-refractivity contribution in [3.05, 3.63) is 35.3 Å². The van der Waals surface area contributed by atoms with Crippen molar-refractivity contribution in [2.24, 2.45) is 11.8 Å². The Morgan fingerprint density at radius 2 is 2.05 bits per heavy atom. The Morgan fingerprint density at radius 3 is 2.55 bits per heavy atom. The number of nitrogens with one attached hydrogen (secondary N) is 2. The Kier molecular flexibility index (Phi) is 5.56. The second kappa shape index (κ2) is 7.22. The summed E-state index contributed by atoms with van der Waals surface area (Å²) in [6, 6.07) is 7.89. The fourth-order valence-corrected chi connectivity index (χ4v) is 3.12. The van der Waals surface area contributed by atoms with E-state index in [9.17, 15) is 4.79 Å². The Morgan fingerprint density at radius 1 is 1.36 bits per heavy atom. The van der Waals surface area contributed by atoms with Crippen LogP contribution in [-0.4, -0.2) is 24.0 Å². The lowest BCUT2D eigenvalue weighted by Gasteiger charge is -2.31. The topological polar surface area (TPSA) is 54.0 Å². The third-order valence-electron chi connectivity index (χ3n) is 3.95. The predicted octanol–water partition coefficient (Wildman–Crippen LogP) is 3.33. The van der Waals surface area contributed by atoms with E-state index in [2.05, 4.69) is 15.6 Å². The number of carbonyl (C=O) groups is 1. The number of rotatable bonds is 4. The van der Waals surface area contributed by atoms with Gasteiger partial charge in [0.25, 0.3) is 0 Å². The normalized spacial score (nSPS) is 15.5. The van der Waals surface area contributed by atoms with E-state index in [0.717, 1.165) is 35.0 Å². The van der Waals surface area contributed by atoms with Crippen LogP contribution >= 0.6 is 23.7 Å². The first-order valence-corrected chi connectivity index (χ1v) is 8.05. The van der Waals surface area contributed by atoms with E-state index in [1.807, 2.05) is 43.5 Å². The van der Waals surface area contributed by atoms with Gasteiger partial charge in [-0.15, -0.1) is 23.7 Å². The van der Waals surface area contributed by atoms with Crippen LogP contribution in [0.4, 0.5) is 5.69 Å². The van der Waals surface area contributed by atoms with Crippen LogP contribution < -0.4 is 10.6 Å². The van der Waals surface area contributed by atoms with Gasteiger partial charge in [-0.2, -0.15) is 0 Å². The molecule has 118 valence electrons. The molecule has 2 heterocycles. The van der Waals surface area contributed by atoms with Crippen molar-refractivity contribution in [2.75, 3.05) is 18.4 Å². The van der Waals surface area contributed by atoms with Gasteiger partial charge in [0, 0.05) is 28.2 Å². The van der Waals surface area contributed by atoms with E-state index >= 15 is 0 Å². The van der Waals surface area contributed by atoms with Crippen LogP contribution in [0.2, 0.25) is 0 Å². The van der Waals surface area contributed by atoms with E-state index in [4.69, 9.17) is 0 Å². The highest BCUT2D eigenvalue weighted by molar-refractivity contribution is 7.13. The third-order valence-corrected chi connectivity index (χ3v) is 4.96. The highest BCUT2D eigenvalue weighted by Gasteiger charge is 2.28. The molecule has 1 amide bonds. The van der Waals surface area contributed by atoms with Crippen molar-refractivity contribution in [2.45, 2.75) is 13.8 Å². The van der Waals surface area contributed by atoms with E-state index in [-0.39, 0.29) is 24.2 Å². The molecule has 1 unspecified atom stereocenters. The van der Waals surface area contributed by atoms with Gasteiger partial charge in [0.15, 0.2) is 0 Å². The molecular formula is C16H20ClN3OS. The second-order valence-corrected chi connectivity index (χ2v) is 6.43. The number of anilines is 1. The quantitative estimate of drug-likeness (QED) is 0.899. The fourth-order valence-electron chi connectivity index (χ4n) is 2.32. The lowest BCUT2D eigenvalue weighted by atomic mass is 9.88. The van der Waals surface area contributed by atoms with Gasteiger partial charge in [0.05, 0.1) is 0 Å². The summed E-state index contributed by atoms with van der Waals surface area (Å²) in [6.45, 7) is 5.87. The summed E-state index contributed by atoms with van der Waals surface area (Å²) >= 11 is 1.64. The minimum absolute atomic E-state index is 0. The van der Waals surface area contributed by atoms with Crippen molar-refractivity contribution in [3.8, 4) is 10.6 Å². The zero-order chi connectivity index (χ0) is 14.8. The van der Waals surface area contributed by atoms with Gasteiger partial charge >= 0.3 is 0 Å². The Balaban J connectivity index is 0.00000176. The van der Waals surface area contributed by atoms with Crippen LogP contribution in [0.1, 0.15) is 12.6 Å². The van der Waals surface area contributed by atoms with Gasteiger partial charge in [-0.1, -0.05) is 6.92 Å². The van der Waals surface area contributed by atoms with Crippen molar-refractivity contribution in [1.29, 1.82) is 0 Å². The van der Waals surface area contributed by atoms with Gasteiger partial charge < -0.3 is 10.6 Å². The van der Waals surface area contributed by atoms with E-state index in [1.54, 1.807) is 11.3 Å². The Labute approximate surface area is 140 Å². The molecule has 1 aromatic heterocycles. The SMILES string of the molecule is Cc1csc(-c2ccc(NC(=O)C(C)C3CNC3)cc2)n1.Cl. The molecule has 2 N–H and O–H groups in total. The molecule has 0 saturated carbocycles. The predicted molar refractivity (Wildman–Crippen MR) is 93.7 cm³/mol. The lowest BCUT2D eigenvalue weighted by molar-refractivity contribution is -0.121. The number of aromatic nitrogens is 1. The molecule has 0 bridgehead atoms. The number of benzene rings is 1. The summed E-state index contributed by atoms with van der Waals surface area (Å²) in [5.74, 6) is 0.606. The van der Waals surface area contributed by atoms with Gasteiger partial charge in [0.1, 0.15) is 5.01 Å². The first-order valence-electron chi connectivity index (χ1n) is 7.17. The monoisotopic (exact) mass is 337 g/mol. The summed E-state index contributed by atoms with van der Waals surface area (Å²) in [5.41, 5.74) is 2.97. The molecule has 2 aromatic rings. The lowest BCUT2D eigenvalue weighted by Crippen LogP contribution is -2.48. The van der Waals surface area contributed by atoms with Crippen molar-refractivity contribution in [1.82, 2.24) is 10.3 Å². The maximum absolute atomic E-state index is 12.2. The number of carbonyl (C=O) groups excluding carboxylic acids is 1. The standard InChI is InChI=1S/C16H19N3OS.ClH/c1-10-9-21-16(18-10)12-3-5-14(6-4-12)19-15(20)11(2)13-7-17-8-13;/h3-6,9,11,13,17H,7-8H2,1-2H3,(H,19,20);1H. The molecule has 1 aromatic carbocycles. The van der Waals surface area contributed by atoms with E-state index < -0.39 is 0 Å². The van der Waals surface area contributed by atoms with Gasteiger partial charge in [0.2, 0.25) is 5.91 Å². The molecule has 0 aliphatic carbocycles. The first-order chi connectivity index (χ1) is 10.1. The molecule has 1 fully saturated rings. The molecule has 3 rings (SSSR count). The number of nitrogens with zero attached hydrogens (tertiary/aromatic N) is 1. The molecule has 6 heteroatoms. The molecule has 1 aliphatic rings. The summed E-state index contributed by atoms with van der Waals surface area (Å²) in [7, 11) is 0. The van der Waals surface area contributed by atoms with Crippen molar-refractivity contribution < 1.29 is 4.79 Å². The molecule has 1 aliphatic heterocycles. The highest BCUT2D eigenvalue weighted by Crippen LogP contribution is 2.25. The Hall–Kier alpha value is -1.43. The Bertz CT molecular complexity index is 637. The van der Waals surface area contributed by atoms with Crippen LogP contribution in [0.25, 0.3) is 10.6 Å². The van der Waals surface area contributed by atoms with Crippen LogP contribution in [0.15, 0.2) is 29.6 Å². The van der Waals surface area contributed by atoms with E-state index in [0.29, 0.717) is 5.92 Å². The molecule has 0 spiro atoms. The maximum atomic E-state index is 12.2. The van der Waals surface area contributed by atoms with Crippen LogP contribution in [0, 0.1) is 18.8 Å². The summed E-state index contributed by atoms with van der Waals surface area (Å²) in [4.78, 5) is 16.6. The van der Waals surface area contributed by atoms with E-state index in [1.165, 1.54) is 0 Å². The van der Waals surface area contributed by atoms with Crippen molar-refractivity contribution in [3.63, 3.8) is 0 Å². The summed E-state index contributed by atoms with van der Waals surface area (Å²) in [5, 5.41) is 9.25. The van der Waals surface area contributed by atoms with Gasteiger partial charge in [-0.05, 0) is 50.2 Å². The zero-order valence-electron chi connectivity index (χ0n) is 12.6. The number of halogens is 1. The van der Waals surface area contributed by atoms with Gasteiger partial charge in [-0.3, -0.25) is 4.79 Å². The average Bonchev–Trinajstić information content (AvgIpc) is 2.84. The molecule has 22 heavy (non-hydrogen) atoms. The summed E-state index contributed by atoms with van der Waals surface area (Å²) in [6.07, 6.45) is 0. The number of thiazole rings is 1. The number of amides is 1. The second-order valence-electron chi connectivity index (χ2n) is 5.57. The van der Waals surface area contributed by atoms with Crippen LogP contribution in [-0.2, 0) is 4.79 Å².